The quantitative estimate of drug-likeness (QED) is 0.0736. The first-order valence-corrected chi connectivity index (χ1v) is 17.3. The molecule has 0 spiro atoms. The van der Waals surface area contributed by atoms with Crippen LogP contribution in [0.1, 0.15) is 75.5 Å². The highest BCUT2D eigenvalue weighted by Crippen LogP contribution is 2.25. The second-order valence-corrected chi connectivity index (χ2v) is 12.9. The van der Waals surface area contributed by atoms with Gasteiger partial charge in [-0.15, -0.1) is 11.3 Å². The van der Waals surface area contributed by atoms with E-state index < -0.39 is 35.4 Å². The van der Waals surface area contributed by atoms with E-state index in [0.29, 0.717) is 30.1 Å². The van der Waals surface area contributed by atoms with E-state index in [9.17, 15) is 23.2 Å². The van der Waals surface area contributed by atoms with Crippen molar-refractivity contribution in [3.63, 3.8) is 0 Å². The van der Waals surface area contributed by atoms with Crippen LogP contribution in [0.5, 0.6) is 0 Å². The lowest BCUT2D eigenvalue weighted by Gasteiger charge is -2.26. The number of rotatable bonds is 16. The lowest BCUT2D eigenvalue weighted by Crippen LogP contribution is -2.44. The van der Waals surface area contributed by atoms with Crippen LogP contribution >= 0.6 is 11.3 Å². The van der Waals surface area contributed by atoms with Crippen molar-refractivity contribution in [1.82, 2.24) is 30.4 Å². The van der Waals surface area contributed by atoms with E-state index >= 15 is 0 Å². The van der Waals surface area contributed by atoms with Gasteiger partial charge in [0.05, 0.1) is 35.8 Å². The molecular weight excluding hydrogens is 672 g/mol. The van der Waals surface area contributed by atoms with Crippen molar-refractivity contribution >= 4 is 41.0 Å². The number of esters is 1. The predicted molar refractivity (Wildman–Crippen MR) is 183 cm³/mol. The zero-order valence-electron chi connectivity index (χ0n) is 28.2. The van der Waals surface area contributed by atoms with Crippen molar-refractivity contribution in [3.8, 4) is 10.6 Å². The minimum atomic E-state index is -0.936. The summed E-state index contributed by atoms with van der Waals surface area (Å²) in [6, 6.07) is 1.09. The molecule has 3 aromatic rings. The minimum Gasteiger partial charge on any atom is -0.442 e. The zero-order valence-corrected chi connectivity index (χ0v) is 29.1. The molecule has 1 saturated carbocycles. The van der Waals surface area contributed by atoms with Crippen LogP contribution in [0.2, 0.25) is 0 Å². The topological polar surface area (TPSA) is 202 Å². The molecule has 1 atom stereocenters. The summed E-state index contributed by atoms with van der Waals surface area (Å²) in [6.07, 6.45) is 8.29. The van der Waals surface area contributed by atoms with E-state index in [2.05, 4.69) is 30.7 Å². The Bertz CT molecular complexity index is 1680. The fourth-order valence-corrected chi connectivity index (χ4v) is 5.77. The van der Waals surface area contributed by atoms with Crippen molar-refractivity contribution in [2.75, 3.05) is 13.2 Å². The number of nitrogens with zero attached hydrogens (tertiary/aromatic N) is 5. The fraction of sp³-hybridized carbons (Fsp3) is 0.485. The van der Waals surface area contributed by atoms with Crippen molar-refractivity contribution in [2.45, 2.75) is 84.2 Å². The van der Waals surface area contributed by atoms with Crippen LogP contribution in [-0.2, 0) is 25.8 Å². The van der Waals surface area contributed by atoms with E-state index in [1.807, 2.05) is 20.8 Å². The summed E-state index contributed by atoms with van der Waals surface area (Å²) in [5.41, 5.74) is 11.8. The summed E-state index contributed by atoms with van der Waals surface area (Å²) >= 11 is 1.17. The molecule has 3 heterocycles. The first kappa shape index (κ1) is 38.2. The number of hydrogen-bond acceptors (Lipinski definition) is 12. The largest absolute Gasteiger partial charge is 0.442 e. The van der Waals surface area contributed by atoms with Crippen LogP contribution in [0, 0.1) is 17.7 Å². The SMILES string of the molecule is CCOC1CCC(N=C/C(NC(=O)c2csc(-c3cnn(COC(=O)CCCNC(=O)C(N)C(C)C)c3)n2)=C(\N)c2nc(F)ccc2F)CC1. The van der Waals surface area contributed by atoms with Crippen LogP contribution in [0.4, 0.5) is 8.78 Å². The normalized spacial score (nSPS) is 17.4. The minimum absolute atomic E-state index is 0.00534. The van der Waals surface area contributed by atoms with E-state index in [4.69, 9.17) is 20.9 Å². The number of allylic oxidation sites excluding steroid dienone is 1. The summed E-state index contributed by atoms with van der Waals surface area (Å²) in [6.45, 7) is 6.44. The maximum atomic E-state index is 14.6. The number of ether oxygens (including phenoxy) is 2. The van der Waals surface area contributed by atoms with Crippen LogP contribution in [-0.4, -0.2) is 75.1 Å². The summed E-state index contributed by atoms with van der Waals surface area (Å²) in [7, 11) is 0. The van der Waals surface area contributed by atoms with Gasteiger partial charge in [-0.1, -0.05) is 13.8 Å². The third kappa shape index (κ3) is 10.9. The highest BCUT2D eigenvalue weighted by molar-refractivity contribution is 7.13. The highest BCUT2D eigenvalue weighted by atomic mass is 32.1. The second-order valence-electron chi connectivity index (χ2n) is 12.0. The van der Waals surface area contributed by atoms with E-state index in [-0.39, 0.29) is 54.2 Å². The Morgan fingerprint density at radius 3 is 2.66 bits per heavy atom. The Balaban J connectivity index is 1.37. The number of nitrogens with one attached hydrogen (secondary N) is 2. The van der Waals surface area contributed by atoms with Crippen molar-refractivity contribution in [3.05, 3.63) is 58.8 Å². The van der Waals surface area contributed by atoms with Crippen LogP contribution in [0.15, 0.2) is 40.6 Å². The summed E-state index contributed by atoms with van der Waals surface area (Å²) < 4.78 is 40.9. The van der Waals surface area contributed by atoms with Gasteiger partial charge in [0.15, 0.2) is 12.5 Å². The fourth-order valence-electron chi connectivity index (χ4n) is 5.00. The van der Waals surface area contributed by atoms with E-state index in [0.717, 1.165) is 37.8 Å². The number of nitrogens with two attached hydrogens (primary N) is 2. The molecule has 1 unspecified atom stereocenters. The van der Waals surface area contributed by atoms with Gasteiger partial charge in [-0.05, 0) is 57.1 Å². The molecule has 0 radical (unpaired) electrons. The number of aromatic nitrogens is 4. The molecule has 0 bridgehead atoms. The van der Waals surface area contributed by atoms with Crippen molar-refractivity contribution < 1.29 is 32.6 Å². The Kier molecular flexibility index (Phi) is 14.1. The number of amides is 2. The molecule has 3 aromatic heterocycles. The van der Waals surface area contributed by atoms with E-state index in [1.54, 1.807) is 6.20 Å². The van der Waals surface area contributed by atoms with E-state index in [1.165, 1.54) is 33.8 Å². The molecule has 1 aliphatic rings. The molecule has 4 rings (SSSR count). The van der Waals surface area contributed by atoms with Crippen LogP contribution in [0.3, 0.4) is 0 Å². The van der Waals surface area contributed by atoms with Crippen LogP contribution < -0.4 is 22.1 Å². The average Bonchev–Trinajstić information content (AvgIpc) is 3.79. The first-order valence-electron chi connectivity index (χ1n) is 16.4. The Hall–Kier alpha value is -4.61. The van der Waals surface area contributed by atoms with Crippen molar-refractivity contribution in [1.29, 1.82) is 0 Å². The lowest BCUT2D eigenvalue weighted by atomic mass is 9.93. The number of pyridine rings is 1. The third-order valence-electron chi connectivity index (χ3n) is 7.92. The summed E-state index contributed by atoms with van der Waals surface area (Å²) in [5.74, 6) is -3.18. The Morgan fingerprint density at radius 2 is 1.94 bits per heavy atom. The number of halogens is 2. The predicted octanol–water partition coefficient (Wildman–Crippen LogP) is 3.54. The summed E-state index contributed by atoms with van der Waals surface area (Å²) in [4.78, 5) is 50.0. The van der Waals surface area contributed by atoms with Gasteiger partial charge in [0.2, 0.25) is 11.9 Å². The molecule has 270 valence electrons. The second kappa shape index (κ2) is 18.4. The number of aliphatic imine (C=N–C) groups is 1. The molecule has 14 nitrogen and oxygen atoms in total. The Morgan fingerprint density at radius 1 is 1.18 bits per heavy atom. The average molecular weight is 716 g/mol. The molecule has 50 heavy (non-hydrogen) atoms. The van der Waals surface area contributed by atoms with Gasteiger partial charge in [-0.3, -0.25) is 19.4 Å². The molecule has 1 aliphatic carbocycles. The third-order valence-corrected chi connectivity index (χ3v) is 8.81. The number of carbonyl (C=O) groups excluding carboxylic acids is 3. The summed E-state index contributed by atoms with van der Waals surface area (Å²) in [5, 5.41) is 11.5. The zero-order chi connectivity index (χ0) is 36.2. The monoisotopic (exact) mass is 715 g/mol. The van der Waals surface area contributed by atoms with Crippen LogP contribution in [0.25, 0.3) is 16.3 Å². The van der Waals surface area contributed by atoms with Gasteiger partial charge in [-0.25, -0.2) is 19.0 Å². The molecule has 17 heteroatoms. The molecule has 2 amide bonds. The van der Waals surface area contributed by atoms with Gasteiger partial charge in [-0.2, -0.15) is 9.49 Å². The van der Waals surface area contributed by atoms with Gasteiger partial charge < -0.3 is 31.6 Å². The first-order chi connectivity index (χ1) is 23.9. The molecule has 0 aliphatic heterocycles. The number of carbonyl (C=O) groups is 3. The Labute approximate surface area is 292 Å². The standard InChI is InChI=1S/C33H43F2N9O5S/c1-4-48-22-9-7-21(8-10-22)39-15-24(29(37)30-23(34)11-12-26(35)43-30)41-31(46)25-17-50-33(42-25)20-14-40-44(16-20)18-49-27(45)6-5-13-38-32(47)28(36)19(2)3/h11-12,14-17,19,21-22,28H,4-10,13,18,36-37H2,1-3H3,(H,38,47)(H,41,46)/b29-24+,39-15?. The smallest absolute Gasteiger partial charge is 0.307 e. The highest BCUT2D eigenvalue weighted by Gasteiger charge is 2.22. The number of thiazole rings is 1. The molecule has 0 aromatic carbocycles. The van der Waals surface area contributed by atoms with Crippen molar-refractivity contribution in [2.24, 2.45) is 22.4 Å². The molecule has 0 saturated heterocycles. The van der Waals surface area contributed by atoms with Gasteiger partial charge in [0.1, 0.15) is 16.4 Å². The molecule has 6 N–H and O–H groups in total. The maximum absolute atomic E-state index is 14.6. The lowest BCUT2D eigenvalue weighted by molar-refractivity contribution is -0.148. The maximum Gasteiger partial charge on any atom is 0.307 e. The molecule has 1 fully saturated rings. The van der Waals surface area contributed by atoms with Gasteiger partial charge in [0.25, 0.3) is 5.91 Å². The number of hydrogen-bond donors (Lipinski definition) is 4. The van der Waals surface area contributed by atoms with Gasteiger partial charge >= 0.3 is 5.97 Å². The molecular formula is C33H43F2N9O5S. The van der Waals surface area contributed by atoms with Gasteiger partial charge in [0, 0.05) is 42.9 Å².